The second-order valence-corrected chi connectivity index (χ2v) is 10.6. The third kappa shape index (κ3) is 3.46. The van der Waals surface area contributed by atoms with E-state index in [-0.39, 0.29) is 0 Å². The minimum atomic E-state index is 0.872. The van der Waals surface area contributed by atoms with Gasteiger partial charge in [-0.2, -0.15) is 0 Å². The summed E-state index contributed by atoms with van der Waals surface area (Å²) in [5.74, 6) is 0. The Morgan fingerprint density at radius 2 is 1.07 bits per heavy atom. The number of fused-ring (bicyclic) bond motifs is 9. The van der Waals surface area contributed by atoms with Crippen molar-refractivity contribution in [3.05, 3.63) is 133 Å². The molecule has 0 bridgehead atoms. The molecule has 0 unspecified atom stereocenters. The van der Waals surface area contributed by atoms with Crippen molar-refractivity contribution < 1.29 is 8.83 Å². The molecule has 0 atom stereocenters. The minimum Gasteiger partial charge on any atom is -0.456 e. The molecule has 0 aliphatic carbocycles. The molecule has 0 saturated carbocycles. The first-order valence-corrected chi connectivity index (χ1v) is 13.8. The number of hydrogen-bond acceptors (Lipinski definition) is 3. The Morgan fingerprint density at radius 1 is 0.390 bits per heavy atom. The van der Waals surface area contributed by atoms with Gasteiger partial charge < -0.3 is 14.2 Å². The number of anilines is 2. The number of hydrogen-bond donors (Lipinski definition) is 1. The van der Waals surface area contributed by atoms with E-state index in [1.807, 2.05) is 18.2 Å². The van der Waals surface area contributed by atoms with Gasteiger partial charge in [-0.05, 0) is 81.2 Å². The Labute approximate surface area is 235 Å². The molecular weight excluding hydrogens is 502 g/mol. The molecule has 0 spiro atoms. The zero-order valence-corrected chi connectivity index (χ0v) is 22.0. The van der Waals surface area contributed by atoms with Gasteiger partial charge >= 0.3 is 0 Å². The highest BCUT2D eigenvalue weighted by Crippen LogP contribution is 2.40. The van der Waals surface area contributed by atoms with Crippen LogP contribution in [0.2, 0.25) is 0 Å². The van der Waals surface area contributed by atoms with E-state index < -0.39 is 0 Å². The number of furan rings is 2. The van der Waals surface area contributed by atoms with E-state index in [1.54, 1.807) is 0 Å². The zero-order valence-electron chi connectivity index (χ0n) is 22.0. The maximum atomic E-state index is 6.33. The average Bonchev–Trinajstić information content (AvgIpc) is 3.58. The molecule has 9 rings (SSSR count). The van der Waals surface area contributed by atoms with Crippen molar-refractivity contribution in [2.24, 2.45) is 0 Å². The van der Waals surface area contributed by atoms with Crippen LogP contribution in [0.1, 0.15) is 0 Å². The molecule has 7 aromatic carbocycles. The standard InChI is InChI=1S/C38H23NO2/c1-2-7-28-23(6-1)12-13-24-14-15-25(20-32(24)28)29-9-5-11-36-38(29)33-21-26(17-19-35(33)40-36)39-27-16-18-31-30-8-3-4-10-34(30)41-37(31)22-27/h1-22,39H. The summed E-state index contributed by atoms with van der Waals surface area (Å²) < 4.78 is 12.4. The van der Waals surface area contributed by atoms with Crippen molar-refractivity contribution in [1.82, 2.24) is 0 Å². The summed E-state index contributed by atoms with van der Waals surface area (Å²) in [7, 11) is 0. The topological polar surface area (TPSA) is 38.3 Å². The molecule has 3 nitrogen and oxygen atoms in total. The second-order valence-electron chi connectivity index (χ2n) is 10.6. The second kappa shape index (κ2) is 8.48. The molecule has 2 aromatic heterocycles. The maximum Gasteiger partial charge on any atom is 0.137 e. The van der Waals surface area contributed by atoms with Gasteiger partial charge in [-0.1, -0.05) is 78.9 Å². The van der Waals surface area contributed by atoms with E-state index in [9.17, 15) is 0 Å². The SMILES string of the molecule is c1ccc2c(c1)ccc1ccc(-c3cccc4oc5ccc(Nc6ccc7c(c6)oc6ccccc67)cc5c34)cc12. The molecular formula is C38H23NO2. The van der Waals surface area contributed by atoms with Gasteiger partial charge in [-0.25, -0.2) is 0 Å². The Morgan fingerprint density at radius 3 is 2.02 bits per heavy atom. The van der Waals surface area contributed by atoms with Crippen LogP contribution in [-0.2, 0) is 0 Å². The van der Waals surface area contributed by atoms with Crippen LogP contribution in [0.25, 0.3) is 76.5 Å². The first-order chi connectivity index (χ1) is 20.3. The van der Waals surface area contributed by atoms with Crippen LogP contribution in [0.3, 0.4) is 0 Å². The van der Waals surface area contributed by atoms with Crippen LogP contribution in [0, 0.1) is 0 Å². The lowest BCUT2D eigenvalue weighted by molar-refractivity contribution is 0.668. The Kier molecular flexibility index (Phi) is 4.61. The monoisotopic (exact) mass is 525 g/mol. The van der Waals surface area contributed by atoms with Crippen molar-refractivity contribution in [1.29, 1.82) is 0 Å². The van der Waals surface area contributed by atoms with Crippen LogP contribution in [0.5, 0.6) is 0 Å². The molecule has 0 aliphatic heterocycles. The van der Waals surface area contributed by atoms with Gasteiger partial charge in [0.25, 0.3) is 0 Å². The van der Waals surface area contributed by atoms with Crippen LogP contribution in [0.4, 0.5) is 11.4 Å². The summed E-state index contributed by atoms with van der Waals surface area (Å²) >= 11 is 0. The predicted molar refractivity (Wildman–Crippen MR) is 171 cm³/mol. The first-order valence-electron chi connectivity index (χ1n) is 13.8. The fourth-order valence-electron chi connectivity index (χ4n) is 6.29. The fourth-order valence-corrected chi connectivity index (χ4v) is 6.29. The van der Waals surface area contributed by atoms with Gasteiger partial charge in [0.05, 0.1) is 0 Å². The van der Waals surface area contributed by atoms with Gasteiger partial charge in [-0.15, -0.1) is 0 Å². The molecule has 0 amide bonds. The molecule has 3 heteroatoms. The highest BCUT2D eigenvalue weighted by Gasteiger charge is 2.14. The highest BCUT2D eigenvalue weighted by atomic mass is 16.3. The number of para-hydroxylation sites is 1. The van der Waals surface area contributed by atoms with Gasteiger partial charge in [0.1, 0.15) is 22.3 Å². The van der Waals surface area contributed by atoms with E-state index in [0.717, 1.165) is 60.8 Å². The van der Waals surface area contributed by atoms with Gasteiger partial charge in [0.2, 0.25) is 0 Å². The molecule has 41 heavy (non-hydrogen) atoms. The summed E-state index contributed by atoms with van der Waals surface area (Å²) in [6.07, 6.45) is 0. The maximum absolute atomic E-state index is 6.33. The summed E-state index contributed by atoms with van der Waals surface area (Å²) in [6, 6.07) is 46.8. The fraction of sp³-hybridized carbons (Fsp3) is 0. The van der Waals surface area contributed by atoms with E-state index in [1.165, 1.54) is 27.1 Å². The summed E-state index contributed by atoms with van der Waals surface area (Å²) in [6.45, 7) is 0. The summed E-state index contributed by atoms with van der Waals surface area (Å²) in [5, 5.41) is 13.1. The van der Waals surface area contributed by atoms with Crippen LogP contribution >= 0.6 is 0 Å². The quantitative estimate of drug-likeness (QED) is 0.233. The third-order valence-electron chi connectivity index (χ3n) is 8.22. The normalized spacial score (nSPS) is 11.9. The lowest BCUT2D eigenvalue weighted by Gasteiger charge is -2.09. The van der Waals surface area contributed by atoms with E-state index >= 15 is 0 Å². The van der Waals surface area contributed by atoms with Crippen LogP contribution in [-0.4, -0.2) is 0 Å². The zero-order chi connectivity index (χ0) is 26.9. The van der Waals surface area contributed by atoms with Crippen molar-refractivity contribution >= 4 is 76.8 Å². The minimum absolute atomic E-state index is 0.872. The molecule has 192 valence electrons. The Balaban J connectivity index is 1.18. The van der Waals surface area contributed by atoms with E-state index in [2.05, 4.69) is 121 Å². The molecule has 0 fully saturated rings. The van der Waals surface area contributed by atoms with Crippen LogP contribution < -0.4 is 5.32 Å². The van der Waals surface area contributed by atoms with Crippen molar-refractivity contribution in [2.75, 3.05) is 5.32 Å². The van der Waals surface area contributed by atoms with Crippen molar-refractivity contribution in [3.63, 3.8) is 0 Å². The predicted octanol–water partition coefficient (Wildman–Crippen LogP) is 11.2. The van der Waals surface area contributed by atoms with Crippen LogP contribution in [0.15, 0.2) is 142 Å². The first kappa shape index (κ1) is 22.3. The summed E-state index contributed by atoms with van der Waals surface area (Å²) in [5.41, 5.74) is 7.85. The highest BCUT2D eigenvalue weighted by molar-refractivity contribution is 6.15. The van der Waals surface area contributed by atoms with Gasteiger partial charge in [-0.3, -0.25) is 0 Å². The smallest absolute Gasteiger partial charge is 0.137 e. The molecule has 0 saturated heterocycles. The van der Waals surface area contributed by atoms with Gasteiger partial charge in [0.15, 0.2) is 0 Å². The molecule has 0 radical (unpaired) electrons. The van der Waals surface area contributed by atoms with Crippen molar-refractivity contribution in [3.8, 4) is 11.1 Å². The van der Waals surface area contributed by atoms with Gasteiger partial charge in [0, 0.05) is 39.0 Å². The Hall–Kier alpha value is -5.54. The molecule has 2 heterocycles. The van der Waals surface area contributed by atoms with Crippen molar-refractivity contribution in [2.45, 2.75) is 0 Å². The largest absolute Gasteiger partial charge is 0.456 e. The Bertz CT molecular complexity index is 2460. The molecule has 9 aromatic rings. The number of nitrogens with one attached hydrogen (secondary N) is 1. The van der Waals surface area contributed by atoms with E-state index in [4.69, 9.17) is 8.83 Å². The summed E-state index contributed by atoms with van der Waals surface area (Å²) in [4.78, 5) is 0. The number of rotatable bonds is 3. The lowest BCUT2D eigenvalue weighted by atomic mass is 9.95. The third-order valence-corrected chi connectivity index (χ3v) is 8.22. The van der Waals surface area contributed by atoms with E-state index in [0.29, 0.717) is 0 Å². The number of benzene rings is 7. The lowest BCUT2D eigenvalue weighted by Crippen LogP contribution is -1.89. The molecule has 1 N–H and O–H groups in total. The molecule has 0 aliphatic rings. The average molecular weight is 526 g/mol.